The molecule has 1 unspecified atom stereocenters. The van der Waals surface area contributed by atoms with E-state index in [1.807, 2.05) is 13.8 Å². The molecule has 1 aliphatic heterocycles. The highest BCUT2D eigenvalue weighted by Crippen LogP contribution is 2.33. The van der Waals surface area contributed by atoms with Crippen LogP contribution in [-0.2, 0) is 14.3 Å². The molecule has 0 amide bonds. The first-order valence-corrected chi connectivity index (χ1v) is 7.45. The molecule has 122 valence electrons. The monoisotopic (exact) mass is 390 g/mol. The Labute approximate surface area is 145 Å². The van der Waals surface area contributed by atoms with E-state index in [0.717, 1.165) is 0 Å². The van der Waals surface area contributed by atoms with Crippen molar-refractivity contribution in [2.45, 2.75) is 38.7 Å². The number of aromatic nitrogens is 1. The first kappa shape index (κ1) is 18.9. The molecule has 0 aliphatic carbocycles. The number of ketones is 1. The number of carbonyl (C=O) groups is 2. The largest absolute Gasteiger partial charge is 1.00 e. The lowest BCUT2D eigenvalue weighted by Gasteiger charge is -2.27. The number of nitrogens with one attached hydrogen (secondary N) is 2. The van der Waals surface area contributed by atoms with Crippen molar-refractivity contribution in [3.8, 4) is 0 Å². The first-order valence-electron chi connectivity index (χ1n) is 7.07. The van der Waals surface area contributed by atoms with Crippen molar-refractivity contribution in [3.63, 3.8) is 0 Å². The fraction of sp³-hybridized carbons (Fsp3) is 0.533. The van der Waals surface area contributed by atoms with Crippen LogP contribution in [-0.4, -0.2) is 23.9 Å². The van der Waals surface area contributed by atoms with Gasteiger partial charge in [0, 0.05) is 18.9 Å². The number of ether oxygens (including phenoxy) is 1. The van der Waals surface area contributed by atoms with Gasteiger partial charge in [-0.1, -0.05) is 25.4 Å². The van der Waals surface area contributed by atoms with Gasteiger partial charge in [-0.2, -0.15) is 0 Å². The van der Waals surface area contributed by atoms with E-state index < -0.39 is 5.60 Å². The van der Waals surface area contributed by atoms with E-state index in [9.17, 15) is 9.59 Å². The minimum Gasteiger partial charge on any atom is -1.00 e. The summed E-state index contributed by atoms with van der Waals surface area (Å²) in [5.41, 5.74) is -0.968. The van der Waals surface area contributed by atoms with Gasteiger partial charge in [-0.15, -0.1) is 0 Å². The highest BCUT2D eigenvalue weighted by molar-refractivity contribution is 6.30. The number of H-pyrrole nitrogens is 1. The Kier molecular flexibility index (Phi) is 6.81. The average Bonchev–Trinajstić information content (AvgIpc) is 2.79. The van der Waals surface area contributed by atoms with Crippen LogP contribution in [0, 0.1) is 5.92 Å². The minimum absolute atomic E-state index is 0. The molecule has 0 aromatic carbocycles. The average molecular weight is 392 g/mol. The van der Waals surface area contributed by atoms with Crippen molar-refractivity contribution in [3.05, 3.63) is 23.4 Å². The third kappa shape index (κ3) is 4.68. The van der Waals surface area contributed by atoms with Crippen LogP contribution >= 0.6 is 11.6 Å². The van der Waals surface area contributed by atoms with Gasteiger partial charge in [0.2, 0.25) is 5.78 Å². The smallest absolute Gasteiger partial charge is 0.306 e. The van der Waals surface area contributed by atoms with Crippen molar-refractivity contribution in [2.75, 3.05) is 11.9 Å². The molecule has 2 rings (SSSR count). The lowest BCUT2D eigenvalue weighted by Crippen LogP contribution is -3.00. The van der Waals surface area contributed by atoms with Crippen molar-refractivity contribution >= 4 is 29.2 Å². The second kappa shape index (κ2) is 7.92. The summed E-state index contributed by atoms with van der Waals surface area (Å²) in [7, 11) is 0. The maximum absolute atomic E-state index is 12.5. The van der Waals surface area contributed by atoms with Crippen molar-refractivity contribution in [1.82, 2.24) is 0 Å². The fourth-order valence-electron chi connectivity index (χ4n) is 2.59. The van der Waals surface area contributed by atoms with Gasteiger partial charge < -0.3 is 21.7 Å². The van der Waals surface area contributed by atoms with Crippen LogP contribution in [0.3, 0.4) is 0 Å². The summed E-state index contributed by atoms with van der Waals surface area (Å²) in [4.78, 5) is 26.9. The third-order valence-corrected chi connectivity index (χ3v) is 3.74. The minimum atomic E-state index is -0.968. The van der Waals surface area contributed by atoms with Gasteiger partial charge in [0.25, 0.3) is 5.82 Å². The molecular weight excluding hydrogens is 372 g/mol. The third-order valence-electron chi connectivity index (χ3n) is 3.50. The summed E-state index contributed by atoms with van der Waals surface area (Å²) >= 11 is 5.79. The van der Waals surface area contributed by atoms with E-state index >= 15 is 0 Å². The van der Waals surface area contributed by atoms with Gasteiger partial charge in [-0.05, 0) is 18.4 Å². The molecule has 1 atom stereocenters. The molecule has 7 heteroatoms. The second-order valence-electron chi connectivity index (χ2n) is 5.76. The molecule has 1 aromatic rings. The number of cyclic esters (lactones) is 1. The van der Waals surface area contributed by atoms with E-state index in [1.165, 1.54) is 0 Å². The second-order valence-corrected chi connectivity index (χ2v) is 6.20. The SMILES string of the molecule is CC(C)CC1(C(=O)CNc2ccc(Cl)c[nH+]2)CCC(=O)O1.[Br-]. The fourth-order valence-corrected chi connectivity index (χ4v) is 2.71. The van der Waals surface area contributed by atoms with E-state index in [0.29, 0.717) is 30.1 Å². The van der Waals surface area contributed by atoms with Gasteiger partial charge in [-0.3, -0.25) is 14.9 Å². The molecule has 1 saturated heterocycles. The highest BCUT2D eigenvalue weighted by Gasteiger charge is 2.47. The lowest BCUT2D eigenvalue weighted by molar-refractivity contribution is -0.360. The van der Waals surface area contributed by atoms with Gasteiger partial charge in [0.1, 0.15) is 12.7 Å². The molecule has 1 fully saturated rings. The molecular formula is C15H20BrClN2O3. The number of pyridine rings is 1. The Bertz CT molecular complexity index is 536. The predicted molar refractivity (Wildman–Crippen MR) is 79.0 cm³/mol. The van der Waals surface area contributed by atoms with Crippen LogP contribution in [0.4, 0.5) is 5.82 Å². The lowest BCUT2D eigenvalue weighted by atomic mass is 9.86. The molecule has 0 saturated carbocycles. The Morgan fingerprint density at radius 1 is 1.50 bits per heavy atom. The number of rotatable bonds is 6. The van der Waals surface area contributed by atoms with Crippen LogP contribution in [0.1, 0.15) is 33.1 Å². The number of carbonyl (C=O) groups excluding carboxylic acids is 2. The van der Waals surface area contributed by atoms with Crippen LogP contribution in [0.5, 0.6) is 0 Å². The Morgan fingerprint density at radius 2 is 2.23 bits per heavy atom. The molecule has 22 heavy (non-hydrogen) atoms. The Balaban J connectivity index is 0.00000242. The molecule has 5 nitrogen and oxygen atoms in total. The Hall–Kier alpha value is -1.14. The van der Waals surface area contributed by atoms with Gasteiger partial charge >= 0.3 is 5.97 Å². The number of hydrogen-bond donors (Lipinski definition) is 1. The maximum Gasteiger partial charge on any atom is 0.306 e. The molecule has 2 N–H and O–H groups in total. The molecule has 0 bridgehead atoms. The topological polar surface area (TPSA) is 69.5 Å². The van der Waals surface area contributed by atoms with Crippen molar-refractivity contribution in [1.29, 1.82) is 0 Å². The number of esters is 1. The summed E-state index contributed by atoms with van der Waals surface area (Å²) in [6.07, 6.45) is 2.97. The number of halogens is 2. The van der Waals surface area contributed by atoms with E-state index in [-0.39, 0.29) is 41.2 Å². The number of aromatic amines is 1. The van der Waals surface area contributed by atoms with Crippen LogP contribution in [0.15, 0.2) is 18.3 Å². The number of anilines is 1. The summed E-state index contributed by atoms with van der Waals surface area (Å²) < 4.78 is 5.37. The molecule has 1 aliphatic rings. The van der Waals surface area contributed by atoms with E-state index in [1.54, 1.807) is 18.3 Å². The molecule has 2 heterocycles. The normalized spacial score (nSPS) is 20.5. The summed E-state index contributed by atoms with van der Waals surface area (Å²) in [5, 5.41) is 3.60. The van der Waals surface area contributed by atoms with Gasteiger partial charge in [-0.25, -0.2) is 4.98 Å². The van der Waals surface area contributed by atoms with Crippen molar-refractivity contribution in [2.24, 2.45) is 5.92 Å². The highest BCUT2D eigenvalue weighted by atomic mass is 79.9. The zero-order valence-electron chi connectivity index (χ0n) is 12.6. The summed E-state index contributed by atoms with van der Waals surface area (Å²) in [6, 6.07) is 3.48. The summed E-state index contributed by atoms with van der Waals surface area (Å²) in [5.74, 6) is 0.589. The molecule has 1 aromatic heterocycles. The maximum atomic E-state index is 12.5. The standard InChI is InChI=1S/C15H19ClN2O3.BrH/c1-10(2)7-15(6-5-14(20)21-15)12(19)9-18-13-4-3-11(16)8-17-13;/h3-4,8,10H,5-7,9H2,1-2H3,(H,17,18);1H. The van der Waals surface area contributed by atoms with Gasteiger partial charge in [0.05, 0.1) is 5.02 Å². The predicted octanol–water partition coefficient (Wildman–Crippen LogP) is -0.739. The first-order chi connectivity index (χ1) is 9.91. The van der Waals surface area contributed by atoms with Crippen LogP contribution in [0.25, 0.3) is 0 Å². The van der Waals surface area contributed by atoms with Crippen LogP contribution in [0.2, 0.25) is 5.02 Å². The zero-order valence-corrected chi connectivity index (χ0v) is 15.0. The summed E-state index contributed by atoms with van der Waals surface area (Å²) in [6.45, 7) is 4.14. The van der Waals surface area contributed by atoms with E-state index in [2.05, 4.69) is 10.3 Å². The molecule has 0 radical (unpaired) electrons. The Morgan fingerprint density at radius 3 is 2.73 bits per heavy atom. The number of Topliss-reactive ketones (excluding diaryl/α,β-unsaturated/α-hetero) is 1. The zero-order chi connectivity index (χ0) is 15.5. The van der Waals surface area contributed by atoms with Crippen LogP contribution < -0.4 is 27.3 Å². The quantitative estimate of drug-likeness (QED) is 0.649. The van der Waals surface area contributed by atoms with Crippen molar-refractivity contribution < 1.29 is 36.3 Å². The van der Waals surface area contributed by atoms with Gasteiger partial charge in [0.15, 0.2) is 5.60 Å². The van der Waals surface area contributed by atoms with E-state index in [4.69, 9.17) is 16.3 Å². The number of hydrogen-bond acceptors (Lipinski definition) is 4. The molecule has 0 spiro atoms.